The monoisotopic (exact) mass is 282 g/mol. The van der Waals surface area contributed by atoms with Crippen molar-refractivity contribution in [3.05, 3.63) is 35.4 Å². The molecule has 1 aromatic rings. The summed E-state index contributed by atoms with van der Waals surface area (Å²) < 4.78 is 26.5. The van der Waals surface area contributed by atoms with Gasteiger partial charge in [0.15, 0.2) is 0 Å². The Morgan fingerprint density at radius 1 is 1.21 bits per heavy atom. The lowest BCUT2D eigenvalue weighted by molar-refractivity contribution is 0.268. The van der Waals surface area contributed by atoms with Crippen molar-refractivity contribution in [2.24, 2.45) is 5.73 Å². The lowest BCUT2D eigenvalue weighted by Gasteiger charge is -2.32. The average Bonchev–Trinajstić information content (AvgIpc) is 2.39. The topological polar surface area (TPSA) is 63.4 Å². The van der Waals surface area contributed by atoms with Crippen LogP contribution in [0.3, 0.4) is 0 Å². The molecule has 0 bridgehead atoms. The fourth-order valence-electron chi connectivity index (χ4n) is 2.55. The van der Waals surface area contributed by atoms with Crippen LogP contribution in [0, 0.1) is 0 Å². The fourth-order valence-corrected chi connectivity index (χ4v) is 4.39. The van der Waals surface area contributed by atoms with Gasteiger partial charge in [0.05, 0.1) is 5.75 Å². The molecule has 1 saturated heterocycles. The van der Waals surface area contributed by atoms with E-state index in [9.17, 15) is 8.42 Å². The largest absolute Gasteiger partial charge is 0.326 e. The molecule has 19 heavy (non-hydrogen) atoms. The van der Waals surface area contributed by atoms with E-state index in [0.717, 1.165) is 30.4 Å². The predicted octanol–water partition coefficient (Wildman–Crippen LogP) is 1.85. The number of sulfonamides is 1. The van der Waals surface area contributed by atoms with Crippen LogP contribution in [0.25, 0.3) is 0 Å². The van der Waals surface area contributed by atoms with Gasteiger partial charge in [-0.3, -0.25) is 0 Å². The van der Waals surface area contributed by atoms with E-state index in [1.54, 1.807) is 4.31 Å². The van der Waals surface area contributed by atoms with Gasteiger partial charge in [0.25, 0.3) is 0 Å². The van der Waals surface area contributed by atoms with E-state index in [1.807, 2.05) is 31.2 Å². The minimum atomic E-state index is -3.20. The van der Waals surface area contributed by atoms with Gasteiger partial charge in [0, 0.05) is 19.1 Å². The number of rotatable bonds is 4. The molecule has 2 rings (SSSR count). The second-order valence-electron chi connectivity index (χ2n) is 5.23. The number of benzene rings is 1. The van der Waals surface area contributed by atoms with Crippen molar-refractivity contribution in [1.82, 2.24) is 4.31 Å². The molecule has 0 amide bonds. The van der Waals surface area contributed by atoms with E-state index in [0.29, 0.717) is 13.1 Å². The van der Waals surface area contributed by atoms with Crippen molar-refractivity contribution < 1.29 is 8.42 Å². The first-order valence-electron chi connectivity index (χ1n) is 6.80. The molecule has 1 fully saturated rings. The molecular weight excluding hydrogens is 260 g/mol. The van der Waals surface area contributed by atoms with Crippen LogP contribution in [0.15, 0.2) is 24.3 Å². The molecular formula is C14H22N2O2S. The van der Waals surface area contributed by atoms with Crippen molar-refractivity contribution in [3.63, 3.8) is 0 Å². The maximum absolute atomic E-state index is 12.4. The van der Waals surface area contributed by atoms with Crippen molar-refractivity contribution in [3.8, 4) is 0 Å². The Morgan fingerprint density at radius 3 is 2.42 bits per heavy atom. The summed E-state index contributed by atoms with van der Waals surface area (Å²) in [6.07, 6.45) is 3.05. The van der Waals surface area contributed by atoms with Crippen LogP contribution in [0.2, 0.25) is 0 Å². The zero-order chi connectivity index (χ0) is 13.9. The van der Waals surface area contributed by atoms with Crippen LogP contribution in [0.5, 0.6) is 0 Å². The van der Waals surface area contributed by atoms with Gasteiger partial charge in [-0.05, 0) is 30.9 Å². The maximum Gasteiger partial charge on any atom is 0.218 e. The van der Waals surface area contributed by atoms with Crippen molar-refractivity contribution in [1.29, 1.82) is 0 Å². The fraction of sp³-hybridized carbons (Fsp3) is 0.571. The molecule has 4 nitrogen and oxygen atoms in total. The van der Waals surface area contributed by atoms with Crippen molar-refractivity contribution in [2.75, 3.05) is 6.54 Å². The minimum Gasteiger partial charge on any atom is -0.326 e. The van der Waals surface area contributed by atoms with E-state index in [1.165, 1.54) is 0 Å². The molecule has 0 aliphatic carbocycles. The highest BCUT2D eigenvalue weighted by atomic mass is 32.2. The summed E-state index contributed by atoms with van der Waals surface area (Å²) in [7, 11) is -3.20. The highest BCUT2D eigenvalue weighted by Gasteiger charge is 2.29. The summed E-state index contributed by atoms with van der Waals surface area (Å²) >= 11 is 0. The first-order chi connectivity index (χ1) is 9.03. The highest BCUT2D eigenvalue weighted by Crippen LogP contribution is 2.22. The van der Waals surface area contributed by atoms with E-state index >= 15 is 0 Å². The Morgan fingerprint density at radius 2 is 1.84 bits per heavy atom. The molecule has 1 aliphatic rings. The predicted molar refractivity (Wildman–Crippen MR) is 77.0 cm³/mol. The van der Waals surface area contributed by atoms with E-state index in [2.05, 4.69) is 0 Å². The molecule has 1 aliphatic heterocycles. The molecule has 1 atom stereocenters. The number of nitrogens with two attached hydrogens (primary N) is 1. The van der Waals surface area contributed by atoms with Gasteiger partial charge in [0.2, 0.25) is 10.0 Å². The summed E-state index contributed by atoms with van der Waals surface area (Å²) in [5.74, 6) is 0.0855. The molecule has 2 N–H and O–H groups in total. The van der Waals surface area contributed by atoms with Crippen LogP contribution >= 0.6 is 0 Å². The van der Waals surface area contributed by atoms with Crippen LogP contribution in [-0.4, -0.2) is 25.3 Å². The lowest BCUT2D eigenvalue weighted by Crippen LogP contribution is -2.42. The lowest BCUT2D eigenvalue weighted by atomic mass is 10.1. The van der Waals surface area contributed by atoms with Crippen LogP contribution in [-0.2, 0) is 22.3 Å². The third-order valence-electron chi connectivity index (χ3n) is 3.71. The van der Waals surface area contributed by atoms with Gasteiger partial charge >= 0.3 is 0 Å². The first-order valence-corrected chi connectivity index (χ1v) is 8.41. The molecule has 0 spiro atoms. The summed E-state index contributed by atoms with van der Waals surface area (Å²) in [4.78, 5) is 0. The summed E-state index contributed by atoms with van der Waals surface area (Å²) in [6.45, 7) is 3.13. The highest BCUT2D eigenvalue weighted by molar-refractivity contribution is 7.88. The van der Waals surface area contributed by atoms with Gasteiger partial charge in [-0.2, -0.15) is 4.31 Å². The Kier molecular flexibility index (Phi) is 4.60. The molecule has 1 unspecified atom stereocenters. The zero-order valence-corrected chi connectivity index (χ0v) is 12.2. The van der Waals surface area contributed by atoms with Crippen LogP contribution in [0.1, 0.15) is 37.3 Å². The van der Waals surface area contributed by atoms with Gasteiger partial charge in [-0.15, -0.1) is 0 Å². The maximum atomic E-state index is 12.4. The number of hydrogen-bond acceptors (Lipinski definition) is 3. The SMILES string of the molecule is CC1CCCCN1S(=O)(=O)Cc1ccc(CN)cc1. The van der Waals surface area contributed by atoms with Gasteiger partial charge in [-0.1, -0.05) is 30.7 Å². The zero-order valence-electron chi connectivity index (χ0n) is 11.4. The average molecular weight is 282 g/mol. The molecule has 5 heteroatoms. The summed E-state index contributed by atoms with van der Waals surface area (Å²) in [5.41, 5.74) is 7.39. The normalized spacial score (nSPS) is 21.5. The molecule has 0 saturated carbocycles. The Bertz CT molecular complexity index is 511. The van der Waals surface area contributed by atoms with Gasteiger partial charge < -0.3 is 5.73 Å². The standard InChI is InChI=1S/C14H22N2O2S/c1-12-4-2-3-9-16(12)19(17,18)11-14-7-5-13(10-15)6-8-14/h5-8,12H,2-4,9-11,15H2,1H3. The molecule has 0 radical (unpaired) electrons. The summed E-state index contributed by atoms with van der Waals surface area (Å²) in [6, 6.07) is 7.62. The van der Waals surface area contributed by atoms with E-state index in [-0.39, 0.29) is 11.8 Å². The van der Waals surface area contributed by atoms with Gasteiger partial charge in [-0.25, -0.2) is 8.42 Å². The number of piperidine rings is 1. The van der Waals surface area contributed by atoms with Crippen LogP contribution in [0.4, 0.5) is 0 Å². The Labute approximate surface area is 115 Å². The quantitative estimate of drug-likeness (QED) is 0.916. The number of hydrogen-bond donors (Lipinski definition) is 1. The minimum absolute atomic E-state index is 0.0855. The van der Waals surface area contributed by atoms with Crippen molar-refractivity contribution >= 4 is 10.0 Å². The third kappa shape index (κ3) is 3.55. The van der Waals surface area contributed by atoms with Gasteiger partial charge in [0.1, 0.15) is 0 Å². The smallest absolute Gasteiger partial charge is 0.218 e. The third-order valence-corrected chi connectivity index (χ3v) is 5.66. The van der Waals surface area contributed by atoms with E-state index in [4.69, 9.17) is 5.73 Å². The van der Waals surface area contributed by atoms with E-state index < -0.39 is 10.0 Å². The first kappa shape index (κ1) is 14.5. The molecule has 0 aromatic heterocycles. The molecule has 106 valence electrons. The van der Waals surface area contributed by atoms with Crippen molar-refractivity contribution in [2.45, 2.75) is 44.5 Å². The number of nitrogens with zero attached hydrogens (tertiary/aromatic N) is 1. The Balaban J connectivity index is 2.11. The second kappa shape index (κ2) is 6.03. The molecule has 1 heterocycles. The molecule has 1 aromatic carbocycles. The summed E-state index contributed by atoms with van der Waals surface area (Å²) in [5, 5.41) is 0. The van der Waals surface area contributed by atoms with Crippen LogP contribution < -0.4 is 5.73 Å². The Hall–Kier alpha value is -0.910. The second-order valence-corrected chi connectivity index (χ2v) is 7.15.